The molecule has 6 heteroatoms. The third kappa shape index (κ3) is 3.71. The van der Waals surface area contributed by atoms with Crippen molar-refractivity contribution >= 4 is 40.4 Å². The lowest BCUT2D eigenvalue weighted by atomic mass is 10.1. The van der Waals surface area contributed by atoms with E-state index in [4.69, 9.17) is 4.74 Å². The fraction of sp³-hybridized carbons (Fsp3) is 0.286. The highest BCUT2D eigenvalue weighted by molar-refractivity contribution is 7.10. The normalized spacial score (nSPS) is 11.6. The molecule has 5 nitrogen and oxygen atoms in total. The summed E-state index contributed by atoms with van der Waals surface area (Å²) in [6.45, 7) is 6.71. The number of rotatable bonds is 5. The van der Waals surface area contributed by atoms with E-state index in [-0.39, 0.29) is 11.1 Å². The molecule has 0 fully saturated rings. The zero-order valence-corrected chi connectivity index (χ0v) is 16.7. The van der Waals surface area contributed by atoms with Crippen molar-refractivity contribution in [2.75, 3.05) is 7.11 Å². The number of carbonyl (C=O) groups excluding carboxylic acids is 1. The zero-order valence-electron chi connectivity index (χ0n) is 15.9. The summed E-state index contributed by atoms with van der Waals surface area (Å²) >= 11 is 1.58. The SMILES string of the molecule is CCn1c(C(=O)OC)cc(=O)c2c(/C=C/c3nc(C(C)C)cs3)cccc21. The predicted octanol–water partition coefficient (Wildman–Crippen LogP) is 4.56. The van der Waals surface area contributed by atoms with Crippen LogP contribution in [0.5, 0.6) is 0 Å². The molecule has 2 aromatic heterocycles. The molecule has 0 bridgehead atoms. The van der Waals surface area contributed by atoms with Gasteiger partial charge in [-0.05, 0) is 30.5 Å². The first-order valence-corrected chi connectivity index (χ1v) is 9.72. The van der Waals surface area contributed by atoms with E-state index in [9.17, 15) is 9.59 Å². The number of ether oxygens (including phenoxy) is 1. The largest absolute Gasteiger partial charge is 0.464 e. The lowest BCUT2D eigenvalue weighted by molar-refractivity contribution is 0.0588. The standard InChI is InChI=1S/C21H22N2O3S/c1-5-23-16-8-6-7-14(9-10-19-22-15(12-27-19)13(2)3)20(16)18(24)11-17(23)21(25)26-4/h6-13H,5H2,1-4H3/b10-9+. The Hall–Kier alpha value is -2.73. The number of aromatic nitrogens is 2. The molecule has 2 heterocycles. The Morgan fingerprint density at radius 2 is 2.11 bits per heavy atom. The van der Waals surface area contributed by atoms with Gasteiger partial charge in [-0.25, -0.2) is 9.78 Å². The Morgan fingerprint density at radius 1 is 1.33 bits per heavy atom. The fourth-order valence-corrected chi connectivity index (χ4v) is 3.88. The summed E-state index contributed by atoms with van der Waals surface area (Å²) in [5.41, 5.74) is 2.65. The Bertz CT molecular complexity index is 1080. The molecular weight excluding hydrogens is 360 g/mol. The molecule has 0 saturated heterocycles. The molecule has 0 radical (unpaired) electrons. The van der Waals surface area contributed by atoms with Gasteiger partial charge in [0.2, 0.25) is 0 Å². The molecular formula is C21H22N2O3S. The van der Waals surface area contributed by atoms with Crippen LogP contribution in [0.3, 0.4) is 0 Å². The molecule has 0 spiro atoms. The van der Waals surface area contributed by atoms with Gasteiger partial charge < -0.3 is 9.30 Å². The maximum Gasteiger partial charge on any atom is 0.354 e. The molecule has 0 aliphatic heterocycles. The molecule has 0 N–H and O–H groups in total. The molecule has 0 saturated carbocycles. The van der Waals surface area contributed by atoms with Crippen LogP contribution in [0.4, 0.5) is 0 Å². The van der Waals surface area contributed by atoms with Gasteiger partial charge in [0, 0.05) is 18.0 Å². The summed E-state index contributed by atoms with van der Waals surface area (Å²) in [4.78, 5) is 29.4. The minimum Gasteiger partial charge on any atom is -0.464 e. The second-order valence-electron chi connectivity index (χ2n) is 6.47. The number of nitrogens with zero attached hydrogens (tertiary/aromatic N) is 2. The summed E-state index contributed by atoms with van der Waals surface area (Å²) in [5, 5.41) is 3.54. The highest BCUT2D eigenvalue weighted by Gasteiger charge is 2.16. The second kappa shape index (κ2) is 7.88. The molecule has 0 atom stereocenters. The highest BCUT2D eigenvalue weighted by atomic mass is 32.1. The third-order valence-corrected chi connectivity index (χ3v) is 5.25. The van der Waals surface area contributed by atoms with Crippen molar-refractivity contribution < 1.29 is 9.53 Å². The van der Waals surface area contributed by atoms with Crippen LogP contribution in [0.1, 0.15) is 53.4 Å². The number of esters is 1. The third-order valence-electron chi connectivity index (χ3n) is 4.42. The van der Waals surface area contributed by atoms with Crippen LogP contribution in [0.2, 0.25) is 0 Å². The van der Waals surface area contributed by atoms with E-state index in [2.05, 4.69) is 24.2 Å². The molecule has 140 valence electrons. The van der Waals surface area contributed by atoms with Gasteiger partial charge >= 0.3 is 5.97 Å². The van der Waals surface area contributed by atoms with Gasteiger partial charge in [0.1, 0.15) is 10.7 Å². The number of thiazole rings is 1. The number of carbonyl (C=O) groups is 1. The minimum atomic E-state index is -0.513. The van der Waals surface area contributed by atoms with Crippen LogP contribution in [0.15, 0.2) is 34.4 Å². The summed E-state index contributed by atoms with van der Waals surface area (Å²) in [6.07, 6.45) is 3.83. The Labute approximate surface area is 161 Å². The van der Waals surface area contributed by atoms with E-state index in [0.717, 1.165) is 21.8 Å². The van der Waals surface area contributed by atoms with Gasteiger partial charge in [0.25, 0.3) is 0 Å². The summed E-state index contributed by atoms with van der Waals surface area (Å²) < 4.78 is 6.63. The summed E-state index contributed by atoms with van der Waals surface area (Å²) in [7, 11) is 1.32. The lowest BCUT2D eigenvalue weighted by Crippen LogP contribution is -2.19. The first-order chi connectivity index (χ1) is 13.0. The predicted molar refractivity (Wildman–Crippen MR) is 110 cm³/mol. The zero-order chi connectivity index (χ0) is 19.6. The number of hydrogen-bond acceptors (Lipinski definition) is 5. The smallest absolute Gasteiger partial charge is 0.354 e. The molecule has 3 rings (SSSR count). The Kier molecular flexibility index (Phi) is 5.56. The maximum atomic E-state index is 12.7. The van der Waals surface area contributed by atoms with Crippen molar-refractivity contribution in [3.05, 3.63) is 61.8 Å². The van der Waals surface area contributed by atoms with Crippen LogP contribution in [-0.4, -0.2) is 22.6 Å². The topological polar surface area (TPSA) is 61.2 Å². The number of hydrogen-bond donors (Lipinski definition) is 0. The quantitative estimate of drug-likeness (QED) is 0.607. The van der Waals surface area contributed by atoms with Crippen LogP contribution in [0.25, 0.3) is 23.1 Å². The van der Waals surface area contributed by atoms with Gasteiger partial charge in [-0.1, -0.05) is 32.1 Å². The average molecular weight is 382 g/mol. The average Bonchev–Trinajstić information content (AvgIpc) is 3.14. The second-order valence-corrected chi connectivity index (χ2v) is 7.36. The summed E-state index contributed by atoms with van der Waals surface area (Å²) in [5.74, 6) is -0.129. The van der Waals surface area contributed by atoms with Crippen LogP contribution < -0.4 is 5.43 Å². The van der Waals surface area contributed by atoms with Crippen molar-refractivity contribution in [1.29, 1.82) is 0 Å². The number of methoxy groups -OCH3 is 1. The number of aryl methyl sites for hydroxylation is 1. The number of fused-ring (bicyclic) bond motifs is 1. The molecule has 1 aromatic carbocycles. The number of pyridine rings is 1. The van der Waals surface area contributed by atoms with Crippen LogP contribution >= 0.6 is 11.3 Å². The van der Waals surface area contributed by atoms with Gasteiger partial charge in [-0.2, -0.15) is 0 Å². The monoisotopic (exact) mass is 382 g/mol. The van der Waals surface area contributed by atoms with E-state index in [1.807, 2.05) is 37.3 Å². The Morgan fingerprint density at radius 3 is 2.74 bits per heavy atom. The number of benzene rings is 1. The first kappa shape index (κ1) is 19.0. The van der Waals surface area contributed by atoms with Gasteiger partial charge in [-0.15, -0.1) is 11.3 Å². The molecule has 0 amide bonds. The van der Waals surface area contributed by atoms with Gasteiger partial charge in [0.05, 0.1) is 23.7 Å². The van der Waals surface area contributed by atoms with E-state index in [1.165, 1.54) is 13.2 Å². The van der Waals surface area contributed by atoms with Gasteiger partial charge in [0.15, 0.2) is 5.43 Å². The van der Waals surface area contributed by atoms with Gasteiger partial charge in [-0.3, -0.25) is 4.79 Å². The maximum absolute atomic E-state index is 12.7. The molecule has 27 heavy (non-hydrogen) atoms. The van der Waals surface area contributed by atoms with Crippen LogP contribution in [-0.2, 0) is 11.3 Å². The highest BCUT2D eigenvalue weighted by Crippen LogP contribution is 2.22. The van der Waals surface area contributed by atoms with Crippen molar-refractivity contribution in [3.63, 3.8) is 0 Å². The summed E-state index contributed by atoms with van der Waals surface area (Å²) in [6, 6.07) is 6.99. The molecule has 3 aromatic rings. The first-order valence-electron chi connectivity index (χ1n) is 8.84. The van der Waals surface area contributed by atoms with Crippen molar-refractivity contribution in [1.82, 2.24) is 9.55 Å². The lowest BCUT2D eigenvalue weighted by Gasteiger charge is -2.14. The molecule has 0 aliphatic carbocycles. The molecule has 0 unspecified atom stereocenters. The Balaban J connectivity index is 2.13. The van der Waals surface area contributed by atoms with E-state index in [1.54, 1.807) is 15.9 Å². The molecule has 0 aliphatic rings. The van der Waals surface area contributed by atoms with Crippen molar-refractivity contribution in [2.24, 2.45) is 0 Å². The van der Waals surface area contributed by atoms with E-state index in [0.29, 0.717) is 17.8 Å². The van der Waals surface area contributed by atoms with Crippen molar-refractivity contribution in [2.45, 2.75) is 33.2 Å². The van der Waals surface area contributed by atoms with Crippen molar-refractivity contribution in [3.8, 4) is 0 Å². The van der Waals surface area contributed by atoms with E-state index < -0.39 is 5.97 Å². The van der Waals surface area contributed by atoms with E-state index >= 15 is 0 Å². The fourth-order valence-electron chi connectivity index (χ4n) is 3.01. The minimum absolute atomic E-state index is 0.197. The van der Waals surface area contributed by atoms with Crippen LogP contribution in [0, 0.1) is 0 Å².